The maximum atomic E-state index is 12.3. The molecule has 0 aliphatic carbocycles. The second-order valence-corrected chi connectivity index (χ2v) is 5.48. The summed E-state index contributed by atoms with van der Waals surface area (Å²) in [7, 11) is 1.86. The lowest BCUT2D eigenvalue weighted by Gasteiger charge is -2.15. The van der Waals surface area contributed by atoms with Crippen LogP contribution < -0.4 is 5.73 Å². The van der Waals surface area contributed by atoms with Gasteiger partial charge in [-0.1, -0.05) is 12.1 Å². The molecule has 1 atom stereocenters. The summed E-state index contributed by atoms with van der Waals surface area (Å²) in [4.78, 5) is 18.5. The number of likely N-dealkylation sites (tertiary alicyclic amines) is 1. The number of benzene rings is 1. The highest BCUT2D eigenvalue weighted by atomic mass is 16.2. The average molecular weight is 285 g/mol. The minimum absolute atomic E-state index is 0.0450. The van der Waals surface area contributed by atoms with Gasteiger partial charge in [0.05, 0.1) is 0 Å². The number of amides is 1. The number of aromatic nitrogens is 3. The summed E-state index contributed by atoms with van der Waals surface area (Å²) < 4.78 is 1.74. The van der Waals surface area contributed by atoms with Crippen molar-refractivity contribution in [2.75, 3.05) is 13.1 Å². The highest BCUT2D eigenvalue weighted by Gasteiger charge is 2.24. The Labute approximate surface area is 123 Å². The van der Waals surface area contributed by atoms with Crippen molar-refractivity contribution in [2.45, 2.75) is 19.4 Å². The monoisotopic (exact) mass is 285 g/mol. The van der Waals surface area contributed by atoms with Gasteiger partial charge in [-0.05, 0) is 25.5 Å². The van der Waals surface area contributed by atoms with E-state index >= 15 is 0 Å². The van der Waals surface area contributed by atoms with Crippen LogP contribution in [-0.4, -0.2) is 44.7 Å². The van der Waals surface area contributed by atoms with Gasteiger partial charge in [-0.25, -0.2) is 9.67 Å². The van der Waals surface area contributed by atoms with E-state index in [4.69, 9.17) is 5.73 Å². The molecule has 1 aromatic carbocycles. The Morgan fingerprint density at radius 2 is 2.05 bits per heavy atom. The Kier molecular flexibility index (Phi) is 3.47. The molecular formula is C15H19N5O. The molecule has 2 N–H and O–H groups in total. The van der Waals surface area contributed by atoms with Gasteiger partial charge in [-0.2, -0.15) is 5.10 Å². The lowest BCUT2D eigenvalue weighted by atomic mass is 10.1. The van der Waals surface area contributed by atoms with E-state index in [1.165, 1.54) is 0 Å². The number of nitrogens with two attached hydrogens (primary N) is 1. The smallest absolute Gasteiger partial charge is 0.253 e. The van der Waals surface area contributed by atoms with Gasteiger partial charge >= 0.3 is 0 Å². The molecule has 1 aliphatic rings. The van der Waals surface area contributed by atoms with Crippen LogP contribution >= 0.6 is 0 Å². The van der Waals surface area contributed by atoms with Gasteiger partial charge in [-0.15, -0.1) is 0 Å². The third-order valence-corrected chi connectivity index (χ3v) is 3.77. The van der Waals surface area contributed by atoms with Crippen LogP contribution in [0.2, 0.25) is 0 Å². The zero-order valence-electron chi connectivity index (χ0n) is 12.3. The first-order valence-corrected chi connectivity index (χ1v) is 7.07. The molecule has 1 amide bonds. The molecule has 110 valence electrons. The SMILES string of the molecule is Cc1nc(-c2ccc(C(=O)N3CCC(N)C3)cc2)n(C)n1. The first-order chi connectivity index (χ1) is 10.0. The maximum Gasteiger partial charge on any atom is 0.253 e. The van der Waals surface area contributed by atoms with Crippen LogP contribution in [0.25, 0.3) is 11.4 Å². The summed E-state index contributed by atoms with van der Waals surface area (Å²) in [6.07, 6.45) is 0.877. The number of hydrogen-bond acceptors (Lipinski definition) is 4. The van der Waals surface area contributed by atoms with E-state index in [9.17, 15) is 4.79 Å². The summed E-state index contributed by atoms with van der Waals surface area (Å²) in [6.45, 7) is 3.24. The molecule has 1 unspecified atom stereocenters. The van der Waals surface area contributed by atoms with Crippen molar-refractivity contribution in [1.29, 1.82) is 0 Å². The zero-order valence-corrected chi connectivity index (χ0v) is 12.3. The van der Waals surface area contributed by atoms with Gasteiger partial charge in [0.15, 0.2) is 5.82 Å². The Bertz CT molecular complexity index is 661. The van der Waals surface area contributed by atoms with Crippen molar-refractivity contribution in [3.05, 3.63) is 35.7 Å². The standard InChI is InChI=1S/C15H19N5O/c1-10-17-14(19(2)18-10)11-3-5-12(6-4-11)15(21)20-8-7-13(16)9-20/h3-6,13H,7-9,16H2,1-2H3. The molecule has 1 saturated heterocycles. The number of rotatable bonds is 2. The van der Waals surface area contributed by atoms with E-state index in [1.807, 2.05) is 43.1 Å². The molecule has 0 radical (unpaired) electrons. The Hall–Kier alpha value is -2.21. The van der Waals surface area contributed by atoms with Gasteiger partial charge in [-0.3, -0.25) is 4.79 Å². The number of nitrogens with zero attached hydrogens (tertiary/aromatic N) is 4. The number of hydrogen-bond donors (Lipinski definition) is 1. The summed E-state index contributed by atoms with van der Waals surface area (Å²) in [5.74, 6) is 1.58. The maximum absolute atomic E-state index is 12.3. The van der Waals surface area contributed by atoms with Crippen molar-refractivity contribution in [3.8, 4) is 11.4 Å². The molecule has 1 aromatic heterocycles. The predicted molar refractivity (Wildman–Crippen MR) is 79.7 cm³/mol. The van der Waals surface area contributed by atoms with Crippen LogP contribution in [0, 0.1) is 6.92 Å². The first kappa shape index (κ1) is 13.8. The lowest BCUT2D eigenvalue weighted by molar-refractivity contribution is 0.0791. The Morgan fingerprint density at radius 3 is 2.57 bits per heavy atom. The van der Waals surface area contributed by atoms with E-state index in [1.54, 1.807) is 4.68 Å². The molecule has 3 rings (SSSR count). The highest BCUT2D eigenvalue weighted by Crippen LogP contribution is 2.19. The molecule has 1 fully saturated rings. The Balaban J connectivity index is 1.81. The number of carbonyl (C=O) groups excluding carboxylic acids is 1. The summed E-state index contributed by atoms with van der Waals surface area (Å²) in [5.41, 5.74) is 7.49. The molecule has 21 heavy (non-hydrogen) atoms. The second kappa shape index (κ2) is 5.29. The second-order valence-electron chi connectivity index (χ2n) is 5.48. The van der Waals surface area contributed by atoms with Gasteiger partial charge in [0, 0.05) is 37.3 Å². The van der Waals surface area contributed by atoms with Crippen LogP contribution in [0.15, 0.2) is 24.3 Å². The van der Waals surface area contributed by atoms with E-state index in [0.717, 1.165) is 30.2 Å². The normalized spacial score (nSPS) is 18.2. The van der Waals surface area contributed by atoms with Gasteiger partial charge in [0.2, 0.25) is 0 Å². The van der Waals surface area contributed by atoms with Crippen molar-refractivity contribution < 1.29 is 4.79 Å². The topological polar surface area (TPSA) is 77.0 Å². The molecule has 2 aromatic rings. The minimum atomic E-state index is 0.0450. The molecule has 0 bridgehead atoms. The van der Waals surface area contributed by atoms with Crippen molar-refractivity contribution in [1.82, 2.24) is 19.7 Å². The summed E-state index contributed by atoms with van der Waals surface area (Å²) >= 11 is 0. The molecular weight excluding hydrogens is 266 g/mol. The van der Waals surface area contributed by atoms with Crippen LogP contribution in [0.5, 0.6) is 0 Å². The summed E-state index contributed by atoms with van der Waals surface area (Å²) in [6, 6.07) is 7.60. The number of carbonyl (C=O) groups is 1. The van der Waals surface area contributed by atoms with E-state index < -0.39 is 0 Å². The van der Waals surface area contributed by atoms with E-state index in [0.29, 0.717) is 12.1 Å². The largest absolute Gasteiger partial charge is 0.337 e. The van der Waals surface area contributed by atoms with E-state index in [2.05, 4.69) is 10.1 Å². The fourth-order valence-electron chi connectivity index (χ4n) is 2.68. The Morgan fingerprint density at radius 1 is 1.33 bits per heavy atom. The van der Waals surface area contributed by atoms with Crippen LogP contribution in [0.1, 0.15) is 22.6 Å². The molecule has 0 spiro atoms. The lowest BCUT2D eigenvalue weighted by Crippen LogP contribution is -2.31. The van der Waals surface area contributed by atoms with Crippen LogP contribution in [0.4, 0.5) is 0 Å². The third-order valence-electron chi connectivity index (χ3n) is 3.77. The first-order valence-electron chi connectivity index (χ1n) is 7.07. The molecule has 1 aliphatic heterocycles. The van der Waals surface area contributed by atoms with Crippen molar-refractivity contribution in [2.24, 2.45) is 12.8 Å². The van der Waals surface area contributed by atoms with Crippen molar-refractivity contribution in [3.63, 3.8) is 0 Å². The third kappa shape index (κ3) is 2.67. The van der Waals surface area contributed by atoms with E-state index in [-0.39, 0.29) is 11.9 Å². The van der Waals surface area contributed by atoms with Crippen LogP contribution in [-0.2, 0) is 7.05 Å². The fourth-order valence-corrected chi connectivity index (χ4v) is 2.68. The zero-order chi connectivity index (χ0) is 15.0. The van der Waals surface area contributed by atoms with Gasteiger partial charge in [0.1, 0.15) is 5.82 Å². The molecule has 2 heterocycles. The predicted octanol–water partition coefficient (Wildman–Crippen LogP) is 0.964. The summed E-state index contributed by atoms with van der Waals surface area (Å²) in [5, 5.41) is 4.23. The van der Waals surface area contributed by atoms with Gasteiger partial charge in [0.25, 0.3) is 5.91 Å². The molecule has 6 heteroatoms. The molecule has 6 nitrogen and oxygen atoms in total. The average Bonchev–Trinajstić information content (AvgIpc) is 3.04. The van der Waals surface area contributed by atoms with Crippen molar-refractivity contribution >= 4 is 5.91 Å². The van der Waals surface area contributed by atoms with Gasteiger partial charge < -0.3 is 10.6 Å². The fraction of sp³-hybridized carbons (Fsp3) is 0.400. The molecule has 0 saturated carbocycles. The number of aryl methyl sites for hydroxylation is 2. The minimum Gasteiger partial charge on any atom is -0.337 e. The van der Waals surface area contributed by atoms with Crippen LogP contribution in [0.3, 0.4) is 0 Å². The quantitative estimate of drug-likeness (QED) is 0.891. The highest BCUT2D eigenvalue weighted by molar-refractivity contribution is 5.94.